The molecule has 68 valence electrons. The third-order valence-corrected chi connectivity index (χ3v) is 3.66. The molecule has 1 aliphatic heterocycles. The molecule has 1 heterocycles. The third-order valence-electron chi connectivity index (χ3n) is 3.66. The second-order valence-electron chi connectivity index (χ2n) is 4.60. The van der Waals surface area contributed by atoms with Crippen LogP contribution >= 0.6 is 0 Å². The summed E-state index contributed by atoms with van der Waals surface area (Å²) in [6, 6.07) is 8.93. The molecular weight excluding hydrogens is 158 g/mol. The van der Waals surface area contributed by atoms with Crippen molar-refractivity contribution in [3.8, 4) is 0 Å². The zero-order chi connectivity index (χ0) is 8.89. The van der Waals surface area contributed by atoms with Crippen LogP contribution in [-0.2, 0) is 11.8 Å². The molecule has 1 aromatic rings. The first-order chi connectivity index (χ1) is 6.30. The number of likely N-dealkylation sites (tertiary alicyclic amines) is 1. The molecule has 1 spiro atoms. The summed E-state index contributed by atoms with van der Waals surface area (Å²) < 4.78 is 0. The molecule has 1 aliphatic carbocycles. The van der Waals surface area contributed by atoms with Crippen LogP contribution in [0.25, 0.3) is 0 Å². The molecule has 2 aliphatic rings. The van der Waals surface area contributed by atoms with Crippen LogP contribution in [0.3, 0.4) is 0 Å². The summed E-state index contributed by atoms with van der Waals surface area (Å²) in [6.45, 7) is 2.54. The second-order valence-corrected chi connectivity index (χ2v) is 4.60. The summed E-state index contributed by atoms with van der Waals surface area (Å²) in [5.74, 6) is 0. The van der Waals surface area contributed by atoms with E-state index in [0.717, 1.165) is 0 Å². The van der Waals surface area contributed by atoms with E-state index in [1.807, 2.05) is 0 Å². The van der Waals surface area contributed by atoms with Gasteiger partial charge in [-0.3, -0.25) is 0 Å². The van der Waals surface area contributed by atoms with Crippen molar-refractivity contribution in [2.24, 2.45) is 0 Å². The van der Waals surface area contributed by atoms with E-state index in [2.05, 4.69) is 36.2 Å². The number of benzene rings is 1. The minimum Gasteiger partial charge on any atom is -0.305 e. The van der Waals surface area contributed by atoms with Crippen molar-refractivity contribution < 1.29 is 0 Å². The fourth-order valence-electron chi connectivity index (χ4n) is 2.99. The van der Waals surface area contributed by atoms with Crippen molar-refractivity contribution in [2.45, 2.75) is 18.3 Å². The van der Waals surface area contributed by atoms with E-state index in [-0.39, 0.29) is 0 Å². The quantitative estimate of drug-likeness (QED) is 0.578. The molecule has 1 heteroatoms. The third kappa shape index (κ3) is 0.910. The van der Waals surface area contributed by atoms with Crippen LogP contribution < -0.4 is 0 Å². The first-order valence-electron chi connectivity index (χ1n) is 5.07. The maximum atomic E-state index is 2.45. The van der Waals surface area contributed by atoms with Crippen molar-refractivity contribution in [2.75, 3.05) is 20.1 Å². The Hall–Kier alpha value is -0.820. The van der Waals surface area contributed by atoms with Gasteiger partial charge in [0.25, 0.3) is 0 Å². The molecule has 1 nitrogen and oxygen atoms in total. The maximum absolute atomic E-state index is 2.45. The monoisotopic (exact) mass is 173 g/mol. The fraction of sp³-hybridized carbons (Fsp3) is 0.500. The van der Waals surface area contributed by atoms with Gasteiger partial charge in [0.2, 0.25) is 0 Å². The van der Waals surface area contributed by atoms with Gasteiger partial charge in [-0.05, 0) is 37.6 Å². The average molecular weight is 173 g/mol. The summed E-state index contributed by atoms with van der Waals surface area (Å²) in [7, 11) is 2.23. The zero-order valence-electron chi connectivity index (χ0n) is 8.09. The Morgan fingerprint density at radius 1 is 1.31 bits per heavy atom. The van der Waals surface area contributed by atoms with Crippen LogP contribution in [0.1, 0.15) is 17.5 Å². The number of hydrogen-bond acceptors (Lipinski definition) is 1. The van der Waals surface area contributed by atoms with Crippen LogP contribution in [0.4, 0.5) is 0 Å². The molecule has 1 fully saturated rings. The second kappa shape index (κ2) is 2.36. The summed E-state index contributed by atoms with van der Waals surface area (Å²) in [5, 5.41) is 0. The Labute approximate surface area is 79.4 Å². The van der Waals surface area contributed by atoms with Crippen LogP contribution in [0.5, 0.6) is 0 Å². The number of hydrogen-bond donors (Lipinski definition) is 0. The average Bonchev–Trinajstić information content (AvgIpc) is 2.49. The van der Waals surface area contributed by atoms with Gasteiger partial charge >= 0.3 is 0 Å². The van der Waals surface area contributed by atoms with Crippen LogP contribution in [-0.4, -0.2) is 25.0 Å². The van der Waals surface area contributed by atoms with Crippen LogP contribution in [0.15, 0.2) is 24.3 Å². The smallest absolute Gasteiger partial charge is 0.0135 e. The van der Waals surface area contributed by atoms with Gasteiger partial charge in [0, 0.05) is 12.0 Å². The predicted octanol–water partition coefficient (Wildman–Crippen LogP) is 1.82. The number of rotatable bonds is 0. The largest absolute Gasteiger partial charge is 0.305 e. The SMILES string of the molecule is CN1CCC2(Cc3ccccc32)C1. The van der Waals surface area contributed by atoms with Gasteiger partial charge in [0.1, 0.15) is 0 Å². The van der Waals surface area contributed by atoms with E-state index in [0.29, 0.717) is 5.41 Å². The molecule has 1 saturated heterocycles. The topological polar surface area (TPSA) is 3.24 Å². The van der Waals surface area contributed by atoms with E-state index in [9.17, 15) is 0 Å². The Balaban J connectivity index is 2.00. The standard InChI is InChI=1S/C12H15N/c1-13-7-6-12(9-13)8-10-4-2-3-5-11(10)12/h2-5H,6-9H2,1H3. The lowest BCUT2D eigenvalue weighted by Gasteiger charge is -2.41. The van der Waals surface area contributed by atoms with E-state index in [4.69, 9.17) is 0 Å². The fourth-order valence-corrected chi connectivity index (χ4v) is 2.99. The predicted molar refractivity (Wildman–Crippen MR) is 53.9 cm³/mol. The molecule has 1 atom stereocenters. The minimum atomic E-state index is 0.547. The van der Waals surface area contributed by atoms with Crippen molar-refractivity contribution in [1.82, 2.24) is 4.90 Å². The van der Waals surface area contributed by atoms with Crippen molar-refractivity contribution in [3.05, 3.63) is 35.4 Å². The highest BCUT2D eigenvalue weighted by Crippen LogP contribution is 2.46. The Morgan fingerprint density at radius 2 is 2.15 bits per heavy atom. The van der Waals surface area contributed by atoms with Crippen LogP contribution in [0, 0.1) is 0 Å². The Bertz CT molecular complexity index is 345. The molecule has 13 heavy (non-hydrogen) atoms. The van der Waals surface area contributed by atoms with Crippen LogP contribution in [0.2, 0.25) is 0 Å². The van der Waals surface area contributed by atoms with Gasteiger partial charge in [-0.25, -0.2) is 0 Å². The highest BCUT2D eigenvalue weighted by molar-refractivity contribution is 5.46. The summed E-state index contributed by atoms with van der Waals surface area (Å²) in [6.07, 6.45) is 2.67. The molecule has 0 amide bonds. The highest BCUT2D eigenvalue weighted by atomic mass is 15.1. The molecule has 0 saturated carbocycles. The van der Waals surface area contributed by atoms with E-state index in [1.54, 1.807) is 11.1 Å². The van der Waals surface area contributed by atoms with Gasteiger partial charge < -0.3 is 4.90 Å². The molecule has 0 N–H and O–H groups in total. The lowest BCUT2D eigenvalue weighted by atomic mass is 9.63. The summed E-state index contributed by atoms with van der Waals surface area (Å²) >= 11 is 0. The Kier molecular flexibility index (Phi) is 1.37. The normalized spacial score (nSPS) is 31.8. The maximum Gasteiger partial charge on any atom is 0.0135 e. The summed E-state index contributed by atoms with van der Waals surface area (Å²) in [5.41, 5.74) is 3.75. The first-order valence-corrected chi connectivity index (χ1v) is 5.07. The van der Waals surface area contributed by atoms with E-state index < -0.39 is 0 Å². The first kappa shape index (κ1) is 7.57. The van der Waals surface area contributed by atoms with Crippen molar-refractivity contribution >= 4 is 0 Å². The molecule has 1 unspecified atom stereocenters. The van der Waals surface area contributed by atoms with Gasteiger partial charge in [-0.2, -0.15) is 0 Å². The van der Waals surface area contributed by atoms with Crippen molar-refractivity contribution in [3.63, 3.8) is 0 Å². The zero-order valence-corrected chi connectivity index (χ0v) is 8.09. The lowest BCUT2D eigenvalue weighted by Crippen LogP contribution is -2.40. The molecule has 0 aromatic heterocycles. The number of fused-ring (bicyclic) bond motifs is 2. The minimum absolute atomic E-state index is 0.547. The molecular formula is C12H15N. The van der Waals surface area contributed by atoms with Gasteiger partial charge in [0.15, 0.2) is 0 Å². The van der Waals surface area contributed by atoms with E-state index >= 15 is 0 Å². The number of nitrogens with zero attached hydrogens (tertiary/aromatic N) is 1. The summed E-state index contributed by atoms with van der Waals surface area (Å²) in [4.78, 5) is 2.45. The molecule has 0 bridgehead atoms. The highest BCUT2D eigenvalue weighted by Gasteiger charge is 2.45. The van der Waals surface area contributed by atoms with Crippen molar-refractivity contribution in [1.29, 1.82) is 0 Å². The van der Waals surface area contributed by atoms with Gasteiger partial charge in [-0.15, -0.1) is 0 Å². The molecule has 1 aromatic carbocycles. The molecule has 0 radical (unpaired) electrons. The Morgan fingerprint density at radius 3 is 2.85 bits per heavy atom. The lowest BCUT2D eigenvalue weighted by molar-refractivity contribution is 0.340. The number of likely N-dealkylation sites (N-methyl/N-ethyl adjacent to an activating group) is 1. The molecule has 3 rings (SSSR count). The van der Waals surface area contributed by atoms with Gasteiger partial charge in [-0.1, -0.05) is 24.3 Å². The van der Waals surface area contributed by atoms with E-state index in [1.165, 1.54) is 25.9 Å². The van der Waals surface area contributed by atoms with Gasteiger partial charge in [0.05, 0.1) is 0 Å².